The molecule has 0 aromatic carbocycles. The average Bonchev–Trinajstić information content (AvgIpc) is 3.55. The van der Waals surface area contributed by atoms with Gasteiger partial charge < -0.3 is 0 Å². The Labute approximate surface area is 200 Å². The van der Waals surface area contributed by atoms with E-state index in [4.69, 9.17) is 0 Å². The van der Waals surface area contributed by atoms with Crippen molar-refractivity contribution in [2.75, 3.05) is 0 Å². The van der Waals surface area contributed by atoms with Crippen LogP contribution >= 0.6 is 21.8 Å². The molecule has 1 aliphatic rings. The van der Waals surface area contributed by atoms with Crippen molar-refractivity contribution < 1.29 is 0 Å². The molecule has 5 heterocycles. The van der Waals surface area contributed by atoms with Gasteiger partial charge in [-0.05, 0) is 0 Å². The van der Waals surface area contributed by atoms with E-state index in [0.29, 0.717) is 29.0 Å². The molecule has 0 bridgehead atoms. The maximum absolute atomic E-state index is 2.71. The Bertz CT molecular complexity index is 1100. The van der Waals surface area contributed by atoms with Gasteiger partial charge in [0.05, 0.1) is 0 Å². The monoisotopic (exact) mass is 581 g/mol. The first-order chi connectivity index (χ1) is 14.7. The summed E-state index contributed by atoms with van der Waals surface area (Å²) in [7, 11) is -1.36. The van der Waals surface area contributed by atoms with Crippen molar-refractivity contribution in [3.05, 3.63) is 51.7 Å². The first kappa shape index (κ1) is 21.5. The third-order valence-electron chi connectivity index (χ3n) is 6.41. The molecule has 1 aliphatic heterocycles. The number of hydrogen-bond acceptors (Lipinski definition) is 1. The van der Waals surface area contributed by atoms with E-state index < -0.39 is 8.07 Å². The van der Waals surface area contributed by atoms with E-state index in [0.717, 1.165) is 0 Å². The van der Waals surface area contributed by atoms with Gasteiger partial charge in [0.15, 0.2) is 0 Å². The molecule has 2 atom stereocenters. The van der Waals surface area contributed by atoms with Crippen LogP contribution in [0.2, 0.25) is 12.6 Å². The van der Waals surface area contributed by atoms with Crippen molar-refractivity contribution in [1.82, 2.24) is 0 Å². The van der Waals surface area contributed by atoms with E-state index >= 15 is 0 Å². The molecule has 30 heavy (non-hydrogen) atoms. The minimum atomic E-state index is -1.63. The molecular formula is C25H29S2Se2Si+. The van der Waals surface area contributed by atoms with Crippen LogP contribution in [0.1, 0.15) is 45.4 Å². The van der Waals surface area contributed by atoms with Crippen molar-refractivity contribution in [2.45, 2.75) is 58.0 Å². The fraction of sp³-hybridized carbons (Fsp3) is 0.360. The normalized spacial score (nSPS) is 18.0. The fourth-order valence-electron chi connectivity index (χ4n) is 4.84. The van der Waals surface area contributed by atoms with E-state index in [-0.39, 0.29) is 10.5 Å². The van der Waals surface area contributed by atoms with Crippen LogP contribution in [0, 0.1) is 0 Å². The standard InChI is InChI=1S/C25H29S2Se2Si/c1-3-4-5-6-7-8-17-30(2)22-18-20(21-11-9-15-28-21)26-24(22)19-13-14-27(25(19)30)23-12-10-16-29-23/h9-16,18H,3-8,17H2,1-2H3/q+1. The molecule has 0 fully saturated rings. The van der Waals surface area contributed by atoms with Crippen molar-refractivity contribution in [2.24, 2.45) is 0 Å². The van der Waals surface area contributed by atoms with Gasteiger partial charge in [0.2, 0.25) is 0 Å². The Morgan fingerprint density at radius 3 is 2.53 bits per heavy atom. The van der Waals surface area contributed by atoms with E-state index in [9.17, 15) is 0 Å². The molecule has 0 N–H and O–H groups in total. The van der Waals surface area contributed by atoms with Crippen LogP contribution in [0.15, 0.2) is 51.7 Å². The third kappa shape index (κ3) is 3.81. The van der Waals surface area contributed by atoms with Gasteiger partial charge in [0, 0.05) is 0 Å². The van der Waals surface area contributed by atoms with E-state index in [2.05, 4.69) is 76.5 Å². The zero-order chi connectivity index (χ0) is 20.6. The predicted octanol–water partition coefficient (Wildman–Crippen LogP) is 6.80. The van der Waals surface area contributed by atoms with Gasteiger partial charge in [0.1, 0.15) is 0 Å². The summed E-state index contributed by atoms with van der Waals surface area (Å²) < 4.78 is 5.20. The Hall–Kier alpha value is -0.384. The van der Waals surface area contributed by atoms with Crippen molar-refractivity contribution in [1.29, 1.82) is 0 Å². The zero-order valence-corrected chi connectivity index (χ0v) is 23.8. The van der Waals surface area contributed by atoms with Crippen LogP contribution in [-0.4, -0.2) is 37.1 Å². The summed E-state index contributed by atoms with van der Waals surface area (Å²) in [6, 6.07) is 15.9. The summed E-state index contributed by atoms with van der Waals surface area (Å²) in [5.41, 5.74) is 1.65. The first-order valence-electron chi connectivity index (χ1n) is 11.1. The molecule has 4 aromatic rings. The molecule has 0 nitrogen and oxygen atoms in total. The molecule has 2 unspecified atom stereocenters. The van der Waals surface area contributed by atoms with Gasteiger partial charge in [-0.25, -0.2) is 0 Å². The number of hydrogen-bond donors (Lipinski definition) is 0. The minimum absolute atomic E-state index is 0.270. The quantitative estimate of drug-likeness (QED) is 0.116. The molecule has 5 heteroatoms. The van der Waals surface area contributed by atoms with Crippen LogP contribution in [0.5, 0.6) is 0 Å². The fourth-order valence-corrected chi connectivity index (χ4v) is 20.2. The SMILES string of the molecule is CCCCCCCC[Si]1(C)c2cc(-c3ccc[se]3)sc2-c2cc[s+](-c3ccc[se]3)c21. The summed E-state index contributed by atoms with van der Waals surface area (Å²) in [6.45, 7) is 5.03. The van der Waals surface area contributed by atoms with Gasteiger partial charge >= 0.3 is 202 Å². The summed E-state index contributed by atoms with van der Waals surface area (Å²) >= 11 is 3.20. The average molecular weight is 580 g/mol. The number of thiophene rings is 2. The summed E-state index contributed by atoms with van der Waals surface area (Å²) in [5.74, 6) is 0. The summed E-state index contributed by atoms with van der Waals surface area (Å²) in [5, 5.41) is 4.35. The summed E-state index contributed by atoms with van der Waals surface area (Å²) in [4.78, 5) is 7.97. The molecule has 0 saturated carbocycles. The van der Waals surface area contributed by atoms with Gasteiger partial charge in [0.25, 0.3) is 0 Å². The van der Waals surface area contributed by atoms with Crippen molar-refractivity contribution in [3.63, 3.8) is 0 Å². The first-order valence-corrected chi connectivity index (χ1v) is 19.6. The van der Waals surface area contributed by atoms with Crippen LogP contribution in [-0.2, 0) is 0 Å². The molecule has 156 valence electrons. The van der Waals surface area contributed by atoms with Crippen LogP contribution in [0.4, 0.5) is 0 Å². The maximum atomic E-state index is 2.71. The zero-order valence-electron chi connectivity index (χ0n) is 17.8. The van der Waals surface area contributed by atoms with Gasteiger partial charge in [-0.15, -0.1) is 0 Å². The number of fused-ring (bicyclic) bond motifs is 3. The summed E-state index contributed by atoms with van der Waals surface area (Å²) in [6.07, 6.45) is 8.44. The molecule has 0 amide bonds. The van der Waals surface area contributed by atoms with Crippen molar-refractivity contribution in [3.8, 4) is 23.5 Å². The molecule has 0 aliphatic carbocycles. The second kappa shape index (κ2) is 9.23. The number of unbranched alkanes of at least 4 members (excludes halogenated alkanes) is 5. The van der Waals surface area contributed by atoms with Crippen molar-refractivity contribution >= 4 is 68.6 Å². The van der Waals surface area contributed by atoms with Gasteiger partial charge in [-0.1, -0.05) is 0 Å². The Morgan fingerprint density at radius 2 is 1.77 bits per heavy atom. The molecular weight excluding hydrogens is 550 g/mol. The topological polar surface area (TPSA) is 0 Å². The molecule has 0 saturated heterocycles. The Morgan fingerprint density at radius 1 is 0.967 bits per heavy atom. The molecule has 0 spiro atoms. The second-order valence-corrected chi connectivity index (χ2v) is 20.5. The van der Waals surface area contributed by atoms with Crippen LogP contribution in [0.3, 0.4) is 0 Å². The van der Waals surface area contributed by atoms with Gasteiger partial charge in [-0.3, -0.25) is 0 Å². The molecule has 0 radical (unpaired) electrons. The van der Waals surface area contributed by atoms with Gasteiger partial charge in [-0.2, -0.15) is 0 Å². The predicted molar refractivity (Wildman–Crippen MR) is 142 cm³/mol. The Balaban J connectivity index is 1.51. The second-order valence-electron chi connectivity index (χ2n) is 8.50. The third-order valence-corrected chi connectivity index (χ3v) is 20.9. The van der Waals surface area contributed by atoms with E-state index in [1.807, 2.05) is 4.50 Å². The molecule has 4 aromatic heterocycles. The van der Waals surface area contributed by atoms with Crippen LogP contribution < -0.4 is 9.69 Å². The van der Waals surface area contributed by atoms with Crippen LogP contribution in [0.25, 0.3) is 23.5 Å². The van der Waals surface area contributed by atoms with E-state index in [1.165, 1.54) is 44.6 Å². The Kier molecular flexibility index (Phi) is 6.61. The number of rotatable bonds is 9. The molecule has 5 rings (SSSR count). The van der Waals surface area contributed by atoms with E-state index in [1.54, 1.807) is 28.7 Å².